The van der Waals surface area contributed by atoms with E-state index in [0.717, 1.165) is 33.4 Å². The van der Waals surface area contributed by atoms with Gasteiger partial charge in [-0.05, 0) is 89.8 Å². The molecule has 0 heterocycles. The van der Waals surface area contributed by atoms with Gasteiger partial charge in [0, 0.05) is 41.5 Å². The second kappa shape index (κ2) is 19.1. The minimum Gasteiger partial charge on any atom is -0.483 e. The molecular formula is C45H56N4O6. The van der Waals surface area contributed by atoms with Gasteiger partial charge in [-0.25, -0.2) is 0 Å². The molecule has 10 nitrogen and oxygen atoms in total. The van der Waals surface area contributed by atoms with E-state index in [1.807, 2.05) is 152 Å². The van der Waals surface area contributed by atoms with Gasteiger partial charge in [0.05, 0.1) is 0 Å². The van der Waals surface area contributed by atoms with Gasteiger partial charge < -0.3 is 30.7 Å². The first-order valence-electron chi connectivity index (χ1n) is 18.7. The molecule has 4 rings (SSSR count). The monoisotopic (exact) mass is 748 g/mol. The van der Waals surface area contributed by atoms with Crippen LogP contribution < -0.4 is 30.7 Å². The Morgan fingerprint density at radius 3 is 1.24 bits per heavy atom. The van der Waals surface area contributed by atoms with Gasteiger partial charge in [-0.15, -0.1) is 0 Å². The van der Waals surface area contributed by atoms with Crippen molar-refractivity contribution in [3.63, 3.8) is 0 Å². The number of nitrogens with one attached hydrogen (secondary N) is 4. The molecule has 0 aliphatic heterocycles. The lowest BCUT2D eigenvalue weighted by Crippen LogP contribution is -2.53. The van der Waals surface area contributed by atoms with Gasteiger partial charge in [0.15, 0.2) is 13.2 Å². The van der Waals surface area contributed by atoms with Crippen LogP contribution in [0, 0.1) is 13.8 Å². The first kappa shape index (κ1) is 42.1. The predicted octanol–water partition coefficient (Wildman–Crippen LogP) is 5.94. The number of hydrogen-bond acceptors (Lipinski definition) is 6. The number of ether oxygens (including phenoxy) is 2. The highest BCUT2D eigenvalue weighted by atomic mass is 16.5. The van der Waals surface area contributed by atoms with E-state index in [1.54, 1.807) is 0 Å². The minimum atomic E-state index is -0.792. The summed E-state index contributed by atoms with van der Waals surface area (Å²) in [6, 6.07) is 28.8. The molecule has 0 saturated heterocycles. The number of carbonyl (C=O) groups is 4. The summed E-state index contributed by atoms with van der Waals surface area (Å²) in [5, 5.41) is 11.7. The minimum absolute atomic E-state index is 0.276. The van der Waals surface area contributed by atoms with Crippen LogP contribution in [0.25, 0.3) is 0 Å². The fourth-order valence-electron chi connectivity index (χ4n) is 6.04. The first-order chi connectivity index (χ1) is 26.0. The zero-order chi connectivity index (χ0) is 40.2. The quantitative estimate of drug-likeness (QED) is 0.112. The van der Waals surface area contributed by atoms with Gasteiger partial charge in [0.2, 0.25) is 11.8 Å². The van der Waals surface area contributed by atoms with Crippen molar-refractivity contribution in [2.24, 2.45) is 0 Å². The van der Waals surface area contributed by atoms with Crippen LogP contribution in [-0.2, 0) is 38.4 Å². The zero-order valence-electron chi connectivity index (χ0n) is 33.4. The highest BCUT2D eigenvalue weighted by Gasteiger charge is 2.27. The van der Waals surface area contributed by atoms with Crippen molar-refractivity contribution in [3.05, 3.63) is 130 Å². The molecule has 292 valence electrons. The van der Waals surface area contributed by atoms with Crippen LogP contribution in [0.4, 0.5) is 0 Å². The summed E-state index contributed by atoms with van der Waals surface area (Å²) < 4.78 is 12.2. The van der Waals surface area contributed by atoms with Gasteiger partial charge in [-0.3, -0.25) is 19.2 Å². The van der Waals surface area contributed by atoms with E-state index in [1.165, 1.54) is 0 Å². The van der Waals surface area contributed by atoms with E-state index in [2.05, 4.69) is 21.3 Å². The molecule has 55 heavy (non-hydrogen) atoms. The number of rotatable bonds is 16. The normalized spacial score (nSPS) is 12.5. The van der Waals surface area contributed by atoms with E-state index in [-0.39, 0.29) is 25.0 Å². The Morgan fingerprint density at radius 2 is 0.891 bits per heavy atom. The van der Waals surface area contributed by atoms with E-state index in [4.69, 9.17) is 9.47 Å². The third-order valence-electron chi connectivity index (χ3n) is 8.67. The lowest BCUT2D eigenvalue weighted by atomic mass is 9.96. The molecule has 4 aromatic carbocycles. The van der Waals surface area contributed by atoms with Gasteiger partial charge in [-0.2, -0.15) is 0 Å². The van der Waals surface area contributed by atoms with Crippen LogP contribution >= 0.6 is 0 Å². The summed E-state index contributed by atoms with van der Waals surface area (Å²) in [5.41, 5.74) is 4.50. The zero-order valence-corrected chi connectivity index (χ0v) is 33.4. The lowest BCUT2D eigenvalue weighted by Gasteiger charge is -2.26. The maximum Gasteiger partial charge on any atom is 0.258 e. The molecule has 0 spiro atoms. The van der Waals surface area contributed by atoms with E-state index in [9.17, 15) is 19.2 Å². The molecule has 4 N–H and O–H groups in total. The van der Waals surface area contributed by atoms with E-state index >= 15 is 0 Å². The predicted molar refractivity (Wildman–Crippen MR) is 216 cm³/mol. The topological polar surface area (TPSA) is 135 Å². The molecule has 0 aliphatic rings. The Balaban J connectivity index is 1.45. The molecule has 0 aromatic heterocycles. The fourth-order valence-corrected chi connectivity index (χ4v) is 6.04. The van der Waals surface area contributed by atoms with Crippen molar-refractivity contribution in [2.45, 2.75) is 97.8 Å². The van der Waals surface area contributed by atoms with Crippen molar-refractivity contribution in [2.75, 3.05) is 13.2 Å². The number of carbonyl (C=O) groups excluding carboxylic acids is 4. The number of benzene rings is 4. The standard InChI is InChI=1S/C45H56N4O6/c1-30-17-15-23-38(54-28-40(50)46-36(42(52)48-44(3,4)5)25-32-19-11-9-12-20-32)34(30)27-35-31(2)18-16-24-39(35)55-29-41(51)47-37(43(53)49-45(6,7)8)26-33-21-13-10-14-22-33/h9-24,36-37H,25-29H2,1-8H3,(H,46,50)(H,47,51)(H,48,52)(H,49,53)/t36-,37-/m0/s1. The van der Waals surface area contributed by atoms with E-state index < -0.39 is 35.0 Å². The maximum atomic E-state index is 13.3. The third kappa shape index (κ3) is 13.9. The van der Waals surface area contributed by atoms with Gasteiger partial charge in [0.25, 0.3) is 11.8 Å². The van der Waals surface area contributed by atoms with Gasteiger partial charge >= 0.3 is 0 Å². The Bertz CT molecular complexity index is 1780. The lowest BCUT2D eigenvalue weighted by molar-refractivity contribution is -0.130. The average Bonchev–Trinajstić information content (AvgIpc) is 3.10. The number of hydrogen-bond donors (Lipinski definition) is 4. The second-order valence-corrected chi connectivity index (χ2v) is 16.0. The molecule has 0 saturated carbocycles. The number of aryl methyl sites for hydroxylation is 2. The smallest absolute Gasteiger partial charge is 0.258 e. The van der Waals surface area contributed by atoms with Crippen LogP contribution in [0.1, 0.15) is 74.9 Å². The summed E-state index contributed by atoms with van der Waals surface area (Å²) >= 11 is 0. The number of amides is 4. The molecule has 10 heteroatoms. The van der Waals surface area contributed by atoms with Gasteiger partial charge in [-0.1, -0.05) is 84.9 Å². The van der Waals surface area contributed by atoms with Crippen molar-refractivity contribution in [1.29, 1.82) is 0 Å². The average molecular weight is 749 g/mol. The van der Waals surface area contributed by atoms with Crippen molar-refractivity contribution in [1.82, 2.24) is 21.3 Å². The van der Waals surface area contributed by atoms with Crippen molar-refractivity contribution < 1.29 is 28.7 Å². The van der Waals surface area contributed by atoms with E-state index in [0.29, 0.717) is 30.8 Å². The largest absolute Gasteiger partial charge is 0.483 e. The Kier molecular flexibility index (Phi) is 14.6. The van der Waals surface area contributed by atoms with Crippen molar-refractivity contribution >= 4 is 23.6 Å². The highest BCUT2D eigenvalue weighted by Crippen LogP contribution is 2.31. The Hall–Kier alpha value is -5.64. The molecule has 4 aromatic rings. The highest BCUT2D eigenvalue weighted by molar-refractivity contribution is 5.89. The molecule has 0 fully saturated rings. The SMILES string of the molecule is Cc1cccc(OCC(=O)N[C@@H](Cc2ccccc2)C(=O)NC(C)(C)C)c1Cc1c(C)cccc1OCC(=O)N[C@@H](Cc1ccccc1)C(=O)NC(C)(C)C. The van der Waals surface area contributed by atoms with Crippen LogP contribution in [0.5, 0.6) is 11.5 Å². The maximum absolute atomic E-state index is 13.3. The summed E-state index contributed by atoms with van der Waals surface area (Å²) in [6.45, 7) is 14.7. The Morgan fingerprint density at radius 1 is 0.527 bits per heavy atom. The Labute approximate surface area is 325 Å². The molecule has 0 bridgehead atoms. The third-order valence-corrected chi connectivity index (χ3v) is 8.67. The van der Waals surface area contributed by atoms with Crippen molar-refractivity contribution in [3.8, 4) is 11.5 Å². The molecule has 0 aliphatic carbocycles. The van der Waals surface area contributed by atoms with Crippen LogP contribution in [0.15, 0.2) is 97.1 Å². The summed E-state index contributed by atoms with van der Waals surface area (Å²) in [7, 11) is 0. The van der Waals surface area contributed by atoms with Crippen LogP contribution in [-0.4, -0.2) is 60.0 Å². The van der Waals surface area contributed by atoms with Crippen LogP contribution in [0.3, 0.4) is 0 Å². The molecule has 0 radical (unpaired) electrons. The summed E-state index contributed by atoms with van der Waals surface area (Å²) in [4.78, 5) is 53.0. The fraction of sp³-hybridized carbons (Fsp3) is 0.378. The second-order valence-electron chi connectivity index (χ2n) is 16.0. The van der Waals surface area contributed by atoms with Crippen LogP contribution in [0.2, 0.25) is 0 Å². The molecular weight excluding hydrogens is 693 g/mol. The molecule has 2 atom stereocenters. The first-order valence-corrected chi connectivity index (χ1v) is 18.7. The summed E-state index contributed by atoms with van der Waals surface area (Å²) in [6.07, 6.45) is 1.06. The molecule has 0 unspecified atom stereocenters. The molecule has 4 amide bonds. The van der Waals surface area contributed by atoms with Gasteiger partial charge in [0.1, 0.15) is 23.6 Å². The summed E-state index contributed by atoms with van der Waals surface area (Å²) in [5.74, 6) is -0.359.